The summed E-state index contributed by atoms with van der Waals surface area (Å²) in [6.45, 7) is 2.94. The SMILES string of the molecule is CC(C(=O)NC1CCc2ccccc21)N1CCc2ccccc21. The molecule has 0 saturated carbocycles. The average Bonchev–Trinajstić information content (AvgIpc) is 3.19. The maximum atomic E-state index is 12.8. The van der Waals surface area contributed by atoms with E-state index in [9.17, 15) is 4.79 Å². The van der Waals surface area contributed by atoms with Crippen LogP contribution in [0.15, 0.2) is 48.5 Å². The van der Waals surface area contributed by atoms with E-state index in [1.54, 1.807) is 0 Å². The first-order valence-corrected chi connectivity index (χ1v) is 8.47. The lowest BCUT2D eigenvalue weighted by atomic mass is 10.1. The van der Waals surface area contributed by atoms with Crippen molar-refractivity contribution >= 4 is 11.6 Å². The van der Waals surface area contributed by atoms with Crippen LogP contribution < -0.4 is 10.2 Å². The summed E-state index contributed by atoms with van der Waals surface area (Å²) in [6.07, 6.45) is 3.09. The number of para-hydroxylation sites is 1. The van der Waals surface area contributed by atoms with Gasteiger partial charge in [0.1, 0.15) is 6.04 Å². The summed E-state index contributed by atoms with van der Waals surface area (Å²) in [5.74, 6) is 0.128. The predicted octanol–water partition coefficient (Wildman–Crippen LogP) is 3.24. The Morgan fingerprint density at radius 3 is 2.70 bits per heavy atom. The summed E-state index contributed by atoms with van der Waals surface area (Å²) in [5.41, 5.74) is 5.21. The minimum Gasteiger partial charge on any atom is -0.359 e. The number of rotatable bonds is 3. The molecule has 2 aromatic carbocycles. The Bertz CT molecular complexity index is 740. The van der Waals surface area contributed by atoms with Crippen LogP contribution in [0.2, 0.25) is 0 Å². The Morgan fingerprint density at radius 1 is 1.09 bits per heavy atom. The summed E-state index contributed by atoms with van der Waals surface area (Å²) in [4.78, 5) is 15.0. The Hall–Kier alpha value is -2.29. The lowest BCUT2D eigenvalue weighted by molar-refractivity contribution is -0.122. The van der Waals surface area contributed by atoms with E-state index >= 15 is 0 Å². The van der Waals surface area contributed by atoms with E-state index < -0.39 is 0 Å². The molecule has 2 aliphatic rings. The highest BCUT2D eigenvalue weighted by atomic mass is 16.2. The number of anilines is 1. The molecule has 0 fully saturated rings. The number of nitrogens with zero attached hydrogens (tertiary/aromatic N) is 1. The van der Waals surface area contributed by atoms with Gasteiger partial charge in [0.25, 0.3) is 0 Å². The number of aryl methyl sites for hydroxylation is 1. The first-order chi connectivity index (χ1) is 11.2. The molecule has 0 aromatic heterocycles. The quantitative estimate of drug-likeness (QED) is 0.944. The van der Waals surface area contributed by atoms with Gasteiger partial charge < -0.3 is 10.2 Å². The summed E-state index contributed by atoms with van der Waals surface area (Å²) < 4.78 is 0. The molecule has 2 unspecified atom stereocenters. The zero-order valence-corrected chi connectivity index (χ0v) is 13.5. The van der Waals surface area contributed by atoms with Gasteiger partial charge >= 0.3 is 0 Å². The molecular formula is C20H22N2O. The van der Waals surface area contributed by atoms with Gasteiger partial charge in [0.15, 0.2) is 0 Å². The van der Waals surface area contributed by atoms with Crippen LogP contribution in [0.3, 0.4) is 0 Å². The smallest absolute Gasteiger partial charge is 0.242 e. The second kappa shape index (κ2) is 5.73. The number of hydrogen-bond acceptors (Lipinski definition) is 2. The van der Waals surface area contributed by atoms with Crippen LogP contribution >= 0.6 is 0 Å². The number of nitrogens with one attached hydrogen (secondary N) is 1. The molecule has 0 radical (unpaired) electrons. The van der Waals surface area contributed by atoms with Crippen LogP contribution in [0.5, 0.6) is 0 Å². The monoisotopic (exact) mass is 306 g/mol. The highest BCUT2D eigenvalue weighted by Gasteiger charge is 2.30. The fraction of sp³-hybridized carbons (Fsp3) is 0.350. The summed E-state index contributed by atoms with van der Waals surface area (Å²) in [6, 6.07) is 16.9. The van der Waals surface area contributed by atoms with E-state index in [0.717, 1.165) is 25.8 Å². The van der Waals surface area contributed by atoms with Crippen molar-refractivity contribution in [2.75, 3.05) is 11.4 Å². The van der Waals surface area contributed by atoms with Crippen molar-refractivity contribution in [2.24, 2.45) is 0 Å². The highest BCUT2D eigenvalue weighted by molar-refractivity contribution is 5.86. The first-order valence-electron chi connectivity index (χ1n) is 8.47. The molecule has 2 aromatic rings. The van der Waals surface area contributed by atoms with Gasteiger partial charge in [-0.15, -0.1) is 0 Å². The molecule has 118 valence electrons. The third-order valence-electron chi connectivity index (χ3n) is 5.22. The maximum absolute atomic E-state index is 12.8. The minimum absolute atomic E-state index is 0.128. The van der Waals surface area contributed by atoms with Crippen LogP contribution in [0, 0.1) is 0 Å². The molecule has 3 nitrogen and oxygen atoms in total. The van der Waals surface area contributed by atoms with Crippen LogP contribution in [0.1, 0.15) is 36.1 Å². The fourth-order valence-corrected chi connectivity index (χ4v) is 3.91. The van der Waals surface area contributed by atoms with Crippen LogP contribution in [0.25, 0.3) is 0 Å². The summed E-state index contributed by atoms with van der Waals surface area (Å²) in [5, 5.41) is 3.26. The second-order valence-corrected chi connectivity index (χ2v) is 6.55. The molecule has 1 aliphatic heterocycles. The Morgan fingerprint density at radius 2 is 1.83 bits per heavy atom. The van der Waals surface area contributed by atoms with Crippen molar-refractivity contribution in [1.82, 2.24) is 5.32 Å². The van der Waals surface area contributed by atoms with E-state index in [-0.39, 0.29) is 18.0 Å². The lowest BCUT2D eigenvalue weighted by Crippen LogP contribution is -2.45. The number of benzene rings is 2. The molecule has 23 heavy (non-hydrogen) atoms. The van der Waals surface area contributed by atoms with Gasteiger partial charge in [-0.2, -0.15) is 0 Å². The zero-order chi connectivity index (χ0) is 15.8. The van der Waals surface area contributed by atoms with Crippen molar-refractivity contribution in [2.45, 2.75) is 38.3 Å². The van der Waals surface area contributed by atoms with Crippen molar-refractivity contribution in [3.8, 4) is 0 Å². The molecule has 0 saturated heterocycles. The topological polar surface area (TPSA) is 32.3 Å². The lowest BCUT2D eigenvalue weighted by Gasteiger charge is -2.28. The number of amides is 1. The number of carbonyl (C=O) groups is 1. The molecule has 0 spiro atoms. The molecule has 2 atom stereocenters. The molecule has 1 amide bonds. The fourth-order valence-electron chi connectivity index (χ4n) is 3.91. The minimum atomic E-state index is -0.133. The van der Waals surface area contributed by atoms with Gasteiger partial charge in [-0.05, 0) is 48.9 Å². The number of hydrogen-bond donors (Lipinski definition) is 1. The van der Waals surface area contributed by atoms with Crippen LogP contribution in [-0.2, 0) is 17.6 Å². The van der Waals surface area contributed by atoms with Crippen molar-refractivity contribution in [3.63, 3.8) is 0 Å². The number of carbonyl (C=O) groups excluding carboxylic acids is 1. The Kier molecular flexibility index (Phi) is 3.56. The number of fused-ring (bicyclic) bond motifs is 2. The average molecular weight is 306 g/mol. The van der Waals surface area contributed by atoms with Crippen LogP contribution in [0.4, 0.5) is 5.69 Å². The largest absolute Gasteiger partial charge is 0.359 e. The second-order valence-electron chi connectivity index (χ2n) is 6.55. The van der Waals surface area contributed by atoms with Crippen molar-refractivity contribution < 1.29 is 4.79 Å². The third kappa shape index (κ3) is 2.50. The van der Waals surface area contributed by atoms with Gasteiger partial charge in [0.05, 0.1) is 6.04 Å². The summed E-state index contributed by atoms with van der Waals surface area (Å²) in [7, 11) is 0. The highest BCUT2D eigenvalue weighted by Crippen LogP contribution is 2.32. The van der Waals surface area contributed by atoms with Gasteiger partial charge in [0, 0.05) is 12.2 Å². The van der Waals surface area contributed by atoms with Crippen molar-refractivity contribution in [3.05, 3.63) is 65.2 Å². The molecule has 1 aliphatic carbocycles. The van der Waals surface area contributed by atoms with Crippen LogP contribution in [-0.4, -0.2) is 18.5 Å². The van der Waals surface area contributed by atoms with Gasteiger partial charge in [0.2, 0.25) is 5.91 Å². The molecular weight excluding hydrogens is 284 g/mol. The normalized spacial score (nSPS) is 20.0. The Balaban J connectivity index is 1.48. The predicted molar refractivity (Wildman–Crippen MR) is 92.6 cm³/mol. The molecule has 1 N–H and O–H groups in total. The zero-order valence-electron chi connectivity index (χ0n) is 13.5. The van der Waals surface area contributed by atoms with E-state index in [1.807, 2.05) is 6.92 Å². The van der Waals surface area contributed by atoms with Gasteiger partial charge in [-0.25, -0.2) is 0 Å². The molecule has 4 rings (SSSR count). The summed E-state index contributed by atoms with van der Waals surface area (Å²) >= 11 is 0. The third-order valence-corrected chi connectivity index (χ3v) is 5.22. The molecule has 1 heterocycles. The van der Waals surface area contributed by atoms with Gasteiger partial charge in [-0.1, -0.05) is 42.5 Å². The standard InChI is InChI=1S/C20H22N2O/c1-14(22-13-12-16-7-3-5-9-19(16)22)20(23)21-18-11-10-15-6-2-4-8-17(15)18/h2-9,14,18H,10-13H2,1H3,(H,21,23). The van der Waals surface area contributed by atoms with Crippen molar-refractivity contribution in [1.29, 1.82) is 0 Å². The van der Waals surface area contributed by atoms with E-state index in [2.05, 4.69) is 58.7 Å². The van der Waals surface area contributed by atoms with E-state index in [1.165, 1.54) is 22.4 Å². The maximum Gasteiger partial charge on any atom is 0.242 e. The van der Waals surface area contributed by atoms with Gasteiger partial charge in [-0.3, -0.25) is 4.79 Å². The Labute approximate surface area is 137 Å². The van der Waals surface area contributed by atoms with E-state index in [0.29, 0.717) is 0 Å². The molecule has 3 heteroatoms. The van der Waals surface area contributed by atoms with E-state index in [4.69, 9.17) is 0 Å². The molecule has 0 bridgehead atoms. The first kappa shape index (κ1) is 14.3.